The zero-order valence-corrected chi connectivity index (χ0v) is 14.1. The van der Waals surface area contributed by atoms with Crippen molar-refractivity contribution in [1.29, 1.82) is 0 Å². The normalized spacial score (nSPS) is 38.5. The Morgan fingerprint density at radius 2 is 1.71 bits per heavy atom. The van der Waals surface area contributed by atoms with E-state index >= 15 is 0 Å². The third-order valence-electron chi connectivity index (χ3n) is 6.30. The summed E-state index contributed by atoms with van der Waals surface area (Å²) in [6, 6.07) is 5.33. The van der Waals surface area contributed by atoms with Gasteiger partial charge in [-0.2, -0.15) is 0 Å². The largest absolute Gasteiger partial charge is 0.381 e. The highest BCUT2D eigenvalue weighted by atomic mass is 79.9. The standard InChI is InChI=1S/C18H23BrFN/c1-11(21-17-7-15(20)2-3-16(17)19)18-8-12-4-13(9-18)6-14(5-12)10-18/h2-3,7,11-14,21H,4-6,8-10H2,1H3. The smallest absolute Gasteiger partial charge is 0.125 e. The van der Waals surface area contributed by atoms with Gasteiger partial charge in [0.2, 0.25) is 0 Å². The molecule has 5 rings (SSSR count). The lowest BCUT2D eigenvalue weighted by Crippen LogP contribution is -2.52. The first-order valence-electron chi connectivity index (χ1n) is 8.26. The molecule has 0 saturated heterocycles. The Kier molecular flexibility index (Phi) is 3.33. The SMILES string of the molecule is CC(Nc1cc(F)ccc1Br)C12CC3CC(CC(C3)C1)C2. The van der Waals surface area contributed by atoms with Gasteiger partial charge in [-0.15, -0.1) is 0 Å². The lowest BCUT2D eigenvalue weighted by Gasteiger charge is -2.59. The molecule has 4 aliphatic rings. The van der Waals surface area contributed by atoms with Crippen molar-refractivity contribution in [2.24, 2.45) is 23.2 Å². The van der Waals surface area contributed by atoms with E-state index in [4.69, 9.17) is 0 Å². The predicted molar refractivity (Wildman–Crippen MR) is 87.8 cm³/mol. The van der Waals surface area contributed by atoms with E-state index in [0.717, 1.165) is 27.9 Å². The van der Waals surface area contributed by atoms with Gasteiger partial charge < -0.3 is 5.32 Å². The van der Waals surface area contributed by atoms with Gasteiger partial charge >= 0.3 is 0 Å². The van der Waals surface area contributed by atoms with Crippen molar-refractivity contribution in [3.63, 3.8) is 0 Å². The van der Waals surface area contributed by atoms with Crippen LogP contribution in [0.15, 0.2) is 22.7 Å². The average molecular weight is 352 g/mol. The van der Waals surface area contributed by atoms with Crippen LogP contribution in [0.5, 0.6) is 0 Å². The van der Waals surface area contributed by atoms with Gasteiger partial charge in [0.1, 0.15) is 5.82 Å². The first-order valence-corrected chi connectivity index (χ1v) is 9.05. The number of halogens is 2. The van der Waals surface area contributed by atoms with E-state index < -0.39 is 0 Å². The van der Waals surface area contributed by atoms with Gasteiger partial charge in [-0.3, -0.25) is 0 Å². The third kappa shape index (κ3) is 2.42. The van der Waals surface area contributed by atoms with Crippen molar-refractivity contribution in [1.82, 2.24) is 0 Å². The summed E-state index contributed by atoms with van der Waals surface area (Å²) in [7, 11) is 0. The van der Waals surface area contributed by atoms with Crippen molar-refractivity contribution in [2.75, 3.05) is 5.32 Å². The van der Waals surface area contributed by atoms with Crippen LogP contribution in [-0.2, 0) is 0 Å². The minimum Gasteiger partial charge on any atom is -0.381 e. The van der Waals surface area contributed by atoms with Crippen molar-refractivity contribution in [3.05, 3.63) is 28.5 Å². The van der Waals surface area contributed by atoms with Crippen molar-refractivity contribution in [2.45, 2.75) is 51.5 Å². The molecule has 4 bridgehead atoms. The molecular weight excluding hydrogens is 329 g/mol. The molecule has 4 aliphatic carbocycles. The summed E-state index contributed by atoms with van der Waals surface area (Å²) in [5.41, 5.74) is 1.35. The maximum absolute atomic E-state index is 13.5. The van der Waals surface area contributed by atoms with Gasteiger partial charge in [0.15, 0.2) is 0 Å². The van der Waals surface area contributed by atoms with E-state index in [9.17, 15) is 4.39 Å². The van der Waals surface area contributed by atoms with E-state index in [2.05, 4.69) is 28.2 Å². The molecule has 1 atom stereocenters. The Bertz CT molecular complexity index is 521. The van der Waals surface area contributed by atoms with Crippen LogP contribution in [0.2, 0.25) is 0 Å². The molecule has 0 heterocycles. The molecule has 1 nitrogen and oxygen atoms in total. The van der Waals surface area contributed by atoms with Crippen LogP contribution in [0, 0.1) is 29.0 Å². The van der Waals surface area contributed by atoms with Crippen molar-refractivity contribution in [3.8, 4) is 0 Å². The molecule has 0 spiro atoms. The van der Waals surface area contributed by atoms with Crippen molar-refractivity contribution < 1.29 is 4.39 Å². The molecule has 4 saturated carbocycles. The molecule has 1 aromatic carbocycles. The summed E-state index contributed by atoms with van der Waals surface area (Å²) >= 11 is 3.54. The van der Waals surface area contributed by atoms with Crippen LogP contribution < -0.4 is 5.32 Å². The molecule has 0 radical (unpaired) electrons. The van der Waals surface area contributed by atoms with Crippen LogP contribution in [0.3, 0.4) is 0 Å². The zero-order valence-electron chi connectivity index (χ0n) is 12.5. The van der Waals surface area contributed by atoms with E-state index in [-0.39, 0.29) is 5.82 Å². The van der Waals surface area contributed by atoms with E-state index in [1.807, 2.05) is 0 Å². The maximum atomic E-state index is 13.5. The summed E-state index contributed by atoms with van der Waals surface area (Å²) in [5.74, 6) is 2.70. The Morgan fingerprint density at radius 1 is 1.14 bits per heavy atom. The zero-order chi connectivity index (χ0) is 14.6. The van der Waals surface area contributed by atoms with Crippen molar-refractivity contribution >= 4 is 21.6 Å². The maximum Gasteiger partial charge on any atom is 0.125 e. The number of hydrogen-bond acceptors (Lipinski definition) is 1. The second kappa shape index (κ2) is 4.97. The van der Waals surface area contributed by atoms with Gasteiger partial charge in [0.05, 0.1) is 5.69 Å². The molecular formula is C18H23BrFN. The topological polar surface area (TPSA) is 12.0 Å². The van der Waals surface area contributed by atoms with Gasteiger partial charge in [-0.25, -0.2) is 4.39 Å². The fourth-order valence-electron chi connectivity index (χ4n) is 5.70. The number of hydrogen-bond donors (Lipinski definition) is 1. The number of rotatable bonds is 3. The molecule has 114 valence electrons. The summed E-state index contributed by atoms with van der Waals surface area (Å²) in [6.07, 6.45) is 8.53. The van der Waals surface area contributed by atoms with Crippen LogP contribution in [-0.4, -0.2) is 6.04 Å². The molecule has 21 heavy (non-hydrogen) atoms. The second-order valence-corrected chi connectivity index (χ2v) is 8.62. The molecule has 1 unspecified atom stereocenters. The number of benzene rings is 1. The molecule has 4 fully saturated rings. The summed E-state index contributed by atoms with van der Waals surface area (Å²) in [4.78, 5) is 0. The molecule has 0 aromatic heterocycles. The quantitative estimate of drug-likeness (QED) is 0.746. The molecule has 0 amide bonds. The second-order valence-electron chi connectivity index (χ2n) is 7.77. The van der Waals surface area contributed by atoms with Crippen LogP contribution in [0.25, 0.3) is 0 Å². The Labute approximate surface area is 134 Å². The summed E-state index contributed by atoms with van der Waals surface area (Å²) in [5, 5.41) is 3.62. The van der Waals surface area contributed by atoms with E-state index in [1.54, 1.807) is 12.1 Å². The van der Waals surface area contributed by atoms with E-state index in [1.165, 1.54) is 44.6 Å². The Morgan fingerprint density at radius 3 is 2.29 bits per heavy atom. The molecule has 1 aromatic rings. The van der Waals surface area contributed by atoms with Gasteiger partial charge in [0, 0.05) is 10.5 Å². The molecule has 0 aliphatic heterocycles. The number of anilines is 1. The van der Waals surface area contributed by atoms with Gasteiger partial charge in [-0.05, 0) is 103 Å². The predicted octanol–water partition coefficient (Wildman–Crippen LogP) is 5.61. The Balaban J connectivity index is 1.57. The summed E-state index contributed by atoms with van der Waals surface area (Å²) < 4.78 is 14.5. The highest BCUT2D eigenvalue weighted by molar-refractivity contribution is 9.10. The lowest BCUT2D eigenvalue weighted by molar-refractivity contribution is -0.0602. The minimum atomic E-state index is -0.168. The molecule has 3 heteroatoms. The average Bonchev–Trinajstić information content (AvgIpc) is 2.41. The van der Waals surface area contributed by atoms with Crippen LogP contribution in [0.4, 0.5) is 10.1 Å². The lowest BCUT2D eigenvalue weighted by atomic mass is 9.48. The minimum absolute atomic E-state index is 0.168. The fourth-order valence-corrected chi connectivity index (χ4v) is 6.06. The van der Waals surface area contributed by atoms with E-state index in [0.29, 0.717) is 11.5 Å². The van der Waals surface area contributed by atoms with Gasteiger partial charge in [0.25, 0.3) is 0 Å². The highest BCUT2D eigenvalue weighted by Gasteiger charge is 2.53. The number of nitrogens with one attached hydrogen (secondary N) is 1. The highest BCUT2D eigenvalue weighted by Crippen LogP contribution is 2.61. The fraction of sp³-hybridized carbons (Fsp3) is 0.667. The van der Waals surface area contributed by atoms with Crippen LogP contribution in [0.1, 0.15) is 45.4 Å². The first kappa shape index (κ1) is 14.0. The Hall–Kier alpha value is -0.570. The van der Waals surface area contributed by atoms with Gasteiger partial charge in [-0.1, -0.05) is 0 Å². The third-order valence-corrected chi connectivity index (χ3v) is 7.00. The summed E-state index contributed by atoms with van der Waals surface area (Å²) in [6.45, 7) is 2.31. The van der Waals surface area contributed by atoms with Crippen LogP contribution >= 0.6 is 15.9 Å². The molecule has 1 N–H and O–H groups in total. The first-order chi connectivity index (χ1) is 10.0. The monoisotopic (exact) mass is 351 g/mol.